The number of fused-ring (bicyclic) bond motifs is 3. The number of hydrogen-bond donors (Lipinski definition) is 2. The molecule has 114 valence electrons. The summed E-state index contributed by atoms with van der Waals surface area (Å²) >= 11 is 0. The molecule has 2 aliphatic carbocycles. The molecule has 2 N–H and O–H groups in total. The lowest BCUT2D eigenvalue weighted by molar-refractivity contribution is 0.251. The second-order valence-corrected chi connectivity index (χ2v) is 6.10. The normalized spacial score (nSPS) is 23.9. The maximum absolute atomic E-state index is 12.1. The molecule has 5 heteroatoms. The fraction of sp³-hybridized carbons (Fsp3) is 0.278. The summed E-state index contributed by atoms with van der Waals surface area (Å²) in [6.07, 6.45) is 3.67. The predicted octanol–water partition coefficient (Wildman–Crippen LogP) is 2.80. The fourth-order valence-corrected chi connectivity index (χ4v) is 3.60. The Labute approximate surface area is 134 Å². The molecule has 1 heterocycles. The number of pyridine rings is 1. The van der Waals surface area contributed by atoms with E-state index in [9.17, 15) is 4.79 Å². The summed E-state index contributed by atoms with van der Waals surface area (Å²) in [4.78, 5) is 16.2. The summed E-state index contributed by atoms with van der Waals surface area (Å²) in [6, 6.07) is 13.7. The summed E-state index contributed by atoms with van der Waals surface area (Å²) in [7, 11) is 0. The number of aromatic nitrogens is 1. The van der Waals surface area contributed by atoms with Gasteiger partial charge in [0.15, 0.2) is 0 Å². The summed E-state index contributed by atoms with van der Waals surface area (Å²) in [5.74, 6) is 1.44. The van der Waals surface area contributed by atoms with Crippen LogP contribution in [0.25, 0.3) is 0 Å². The molecular formula is C18H16N4O. The fourth-order valence-electron chi connectivity index (χ4n) is 3.60. The zero-order valence-corrected chi connectivity index (χ0v) is 12.5. The molecule has 1 fully saturated rings. The number of carbonyl (C=O) groups excluding carboxylic acids is 1. The van der Waals surface area contributed by atoms with Crippen molar-refractivity contribution in [2.75, 3.05) is 5.32 Å². The highest BCUT2D eigenvalue weighted by Gasteiger charge is 2.53. The van der Waals surface area contributed by atoms with Crippen molar-refractivity contribution >= 4 is 11.8 Å². The number of anilines is 1. The first kappa shape index (κ1) is 13.8. The molecule has 2 aromatic rings. The molecule has 1 saturated carbocycles. The van der Waals surface area contributed by atoms with E-state index >= 15 is 0 Å². The Balaban J connectivity index is 1.40. The van der Waals surface area contributed by atoms with Gasteiger partial charge in [0.2, 0.25) is 0 Å². The molecule has 0 aliphatic heterocycles. The van der Waals surface area contributed by atoms with E-state index in [2.05, 4.69) is 39.9 Å². The van der Waals surface area contributed by atoms with Crippen molar-refractivity contribution in [3.8, 4) is 6.07 Å². The topological polar surface area (TPSA) is 77.8 Å². The van der Waals surface area contributed by atoms with Crippen molar-refractivity contribution in [3.63, 3.8) is 0 Å². The van der Waals surface area contributed by atoms with E-state index in [1.54, 1.807) is 12.1 Å². The number of nitriles is 1. The van der Waals surface area contributed by atoms with Gasteiger partial charge in [-0.25, -0.2) is 9.78 Å². The average molecular weight is 304 g/mol. The molecule has 1 aromatic carbocycles. The van der Waals surface area contributed by atoms with Crippen LogP contribution in [0.2, 0.25) is 0 Å². The third-order valence-corrected chi connectivity index (χ3v) is 4.76. The van der Waals surface area contributed by atoms with Crippen molar-refractivity contribution in [2.45, 2.75) is 24.8 Å². The van der Waals surface area contributed by atoms with Gasteiger partial charge in [0.05, 0.1) is 5.56 Å². The smallest absolute Gasteiger partial charge is 0.320 e. The maximum Gasteiger partial charge on any atom is 0.320 e. The SMILES string of the molecule is N#Cc1ccc(NC(=O)NC2C3CCc4ccccc4C32)nc1. The van der Waals surface area contributed by atoms with Gasteiger partial charge >= 0.3 is 6.03 Å². The number of amides is 2. The van der Waals surface area contributed by atoms with Crippen molar-refractivity contribution in [2.24, 2.45) is 5.92 Å². The lowest BCUT2D eigenvalue weighted by Crippen LogP contribution is -2.32. The van der Waals surface area contributed by atoms with Gasteiger partial charge in [0.1, 0.15) is 11.9 Å². The number of urea groups is 1. The van der Waals surface area contributed by atoms with Crippen LogP contribution in [0.1, 0.15) is 29.0 Å². The molecule has 0 spiro atoms. The molecule has 4 rings (SSSR count). The molecular weight excluding hydrogens is 288 g/mol. The molecule has 2 aliphatic rings. The Kier molecular flexibility index (Phi) is 3.23. The van der Waals surface area contributed by atoms with Crippen LogP contribution in [0, 0.1) is 17.2 Å². The third kappa shape index (κ3) is 2.53. The number of carbonyl (C=O) groups is 1. The summed E-state index contributed by atoms with van der Waals surface area (Å²) in [5, 5.41) is 14.5. The number of aryl methyl sites for hydroxylation is 1. The van der Waals surface area contributed by atoms with Crippen molar-refractivity contribution in [3.05, 3.63) is 59.3 Å². The van der Waals surface area contributed by atoms with Crippen molar-refractivity contribution in [1.82, 2.24) is 10.3 Å². The molecule has 2 amide bonds. The van der Waals surface area contributed by atoms with Gasteiger partial charge < -0.3 is 5.32 Å². The van der Waals surface area contributed by atoms with Gasteiger partial charge in [-0.05, 0) is 42.0 Å². The van der Waals surface area contributed by atoms with Gasteiger partial charge in [-0.2, -0.15) is 5.26 Å². The highest BCUT2D eigenvalue weighted by molar-refractivity contribution is 5.88. The lowest BCUT2D eigenvalue weighted by Gasteiger charge is -2.13. The maximum atomic E-state index is 12.1. The van der Waals surface area contributed by atoms with Crippen LogP contribution >= 0.6 is 0 Å². The number of nitrogens with zero attached hydrogens (tertiary/aromatic N) is 2. The average Bonchev–Trinajstić information content (AvgIpc) is 3.29. The Morgan fingerprint density at radius 3 is 2.91 bits per heavy atom. The van der Waals surface area contributed by atoms with Gasteiger partial charge in [0.25, 0.3) is 0 Å². The van der Waals surface area contributed by atoms with Crippen LogP contribution in [-0.4, -0.2) is 17.1 Å². The van der Waals surface area contributed by atoms with E-state index in [1.807, 2.05) is 6.07 Å². The number of benzene rings is 1. The van der Waals surface area contributed by atoms with Gasteiger partial charge in [-0.15, -0.1) is 0 Å². The van der Waals surface area contributed by atoms with E-state index < -0.39 is 0 Å². The Hall–Kier alpha value is -2.87. The van der Waals surface area contributed by atoms with Crippen LogP contribution in [0.5, 0.6) is 0 Å². The third-order valence-electron chi connectivity index (χ3n) is 4.76. The minimum atomic E-state index is -0.237. The highest BCUT2D eigenvalue weighted by Crippen LogP contribution is 2.54. The Morgan fingerprint density at radius 1 is 1.26 bits per heavy atom. The summed E-state index contributed by atoms with van der Waals surface area (Å²) in [5.41, 5.74) is 3.26. The molecule has 3 unspecified atom stereocenters. The van der Waals surface area contributed by atoms with Crippen LogP contribution in [-0.2, 0) is 6.42 Å². The van der Waals surface area contributed by atoms with Gasteiger partial charge in [0, 0.05) is 18.2 Å². The quantitative estimate of drug-likeness (QED) is 0.895. The minimum Gasteiger partial charge on any atom is -0.334 e. The molecule has 3 atom stereocenters. The van der Waals surface area contributed by atoms with Crippen LogP contribution in [0.15, 0.2) is 42.6 Å². The van der Waals surface area contributed by atoms with E-state index in [0.29, 0.717) is 23.2 Å². The van der Waals surface area contributed by atoms with Gasteiger partial charge in [-0.1, -0.05) is 24.3 Å². The molecule has 23 heavy (non-hydrogen) atoms. The molecule has 1 aromatic heterocycles. The summed E-state index contributed by atoms with van der Waals surface area (Å²) < 4.78 is 0. The zero-order valence-electron chi connectivity index (χ0n) is 12.5. The Bertz CT molecular complexity index is 793. The second-order valence-electron chi connectivity index (χ2n) is 6.10. The highest BCUT2D eigenvalue weighted by atomic mass is 16.2. The van der Waals surface area contributed by atoms with E-state index in [0.717, 1.165) is 12.8 Å². The standard InChI is InChI=1S/C18H16N4O/c19-9-11-5-8-15(20-10-11)21-18(23)22-17-14-7-6-12-3-1-2-4-13(12)16(14)17/h1-5,8,10,14,16-17H,6-7H2,(H2,20,21,22,23). The van der Waals surface area contributed by atoms with Gasteiger partial charge in [-0.3, -0.25) is 5.32 Å². The van der Waals surface area contributed by atoms with E-state index in [4.69, 9.17) is 5.26 Å². The second kappa shape index (κ2) is 5.40. The number of nitrogens with one attached hydrogen (secondary N) is 2. The largest absolute Gasteiger partial charge is 0.334 e. The first-order chi connectivity index (χ1) is 11.3. The van der Waals surface area contributed by atoms with Crippen molar-refractivity contribution in [1.29, 1.82) is 5.26 Å². The first-order valence-corrected chi connectivity index (χ1v) is 7.78. The first-order valence-electron chi connectivity index (χ1n) is 7.78. The zero-order chi connectivity index (χ0) is 15.8. The minimum absolute atomic E-state index is 0.206. The summed E-state index contributed by atoms with van der Waals surface area (Å²) in [6.45, 7) is 0. The predicted molar refractivity (Wildman–Crippen MR) is 85.9 cm³/mol. The molecule has 0 saturated heterocycles. The number of rotatable bonds is 2. The van der Waals surface area contributed by atoms with E-state index in [-0.39, 0.29) is 12.1 Å². The molecule has 5 nitrogen and oxygen atoms in total. The van der Waals surface area contributed by atoms with Crippen LogP contribution in [0.4, 0.5) is 10.6 Å². The van der Waals surface area contributed by atoms with E-state index in [1.165, 1.54) is 17.3 Å². The molecule has 0 bridgehead atoms. The van der Waals surface area contributed by atoms with Crippen LogP contribution < -0.4 is 10.6 Å². The van der Waals surface area contributed by atoms with Crippen molar-refractivity contribution < 1.29 is 4.79 Å². The Morgan fingerprint density at radius 2 is 2.13 bits per heavy atom. The number of hydrogen-bond acceptors (Lipinski definition) is 3. The monoisotopic (exact) mass is 304 g/mol. The molecule has 0 radical (unpaired) electrons. The van der Waals surface area contributed by atoms with Crippen LogP contribution in [0.3, 0.4) is 0 Å². The lowest BCUT2D eigenvalue weighted by atomic mass is 9.92.